The molecule has 0 amide bonds. The molecule has 0 aromatic rings. The summed E-state index contributed by atoms with van der Waals surface area (Å²) in [6.45, 7) is 3.92. The summed E-state index contributed by atoms with van der Waals surface area (Å²) in [4.78, 5) is 35.8. The van der Waals surface area contributed by atoms with Crippen LogP contribution < -0.4 is 0 Å². The Morgan fingerprint density at radius 2 is 1.07 bits per heavy atom. The van der Waals surface area contributed by atoms with E-state index in [4.69, 9.17) is 9.47 Å². The van der Waals surface area contributed by atoms with Crippen LogP contribution in [0.15, 0.2) is 48.6 Å². The van der Waals surface area contributed by atoms with Crippen LogP contribution in [-0.2, 0) is 23.9 Å². The van der Waals surface area contributed by atoms with E-state index in [2.05, 4.69) is 32.1 Å². The van der Waals surface area contributed by atoms with Gasteiger partial charge < -0.3 is 14.6 Å². The molecule has 0 saturated carbocycles. The van der Waals surface area contributed by atoms with E-state index in [0.717, 1.165) is 57.8 Å². The monoisotopic (exact) mass is 645 g/mol. The zero-order valence-electron chi connectivity index (χ0n) is 29.6. The minimum Gasteiger partial charge on any atom is -0.462 e. The fourth-order valence-corrected chi connectivity index (χ4v) is 4.97. The van der Waals surface area contributed by atoms with Crippen LogP contribution in [0.1, 0.15) is 168 Å². The van der Waals surface area contributed by atoms with Gasteiger partial charge in [-0.2, -0.15) is 0 Å². The fourth-order valence-electron chi connectivity index (χ4n) is 4.97. The molecular formula is C40H68O6. The van der Waals surface area contributed by atoms with Gasteiger partial charge in [0, 0.05) is 19.3 Å². The summed E-state index contributed by atoms with van der Waals surface area (Å²) >= 11 is 0. The van der Waals surface area contributed by atoms with Crippen molar-refractivity contribution in [3.63, 3.8) is 0 Å². The summed E-state index contributed by atoms with van der Waals surface area (Å²) in [5.41, 5.74) is 0. The standard InChI is InChI=1S/C40H68O6/c1-3-5-7-8-9-10-11-12-13-16-19-22-25-29-33-39(43)45-36-38(35-41)46-40(44)34-30-26-23-20-17-14-15-18-21-24-28-32-37(42)31-27-6-4-2/h14-15,20-21,23-24,28,32,38,41H,3-13,16-19,22,25-27,29-31,33-36H2,1-2H3/b15-14-,23-20-,24-21-,32-28+/t38-/m0/s1. The zero-order valence-corrected chi connectivity index (χ0v) is 29.6. The Labute approximate surface area is 282 Å². The number of ketones is 1. The first-order valence-corrected chi connectivity index (χ1v) is 18.6. The van der Waals surface area contributed by atoms with Gasteiger partial charge in [0.25, 0.3) is 0 Å². The van der Waals surface area contributed by atoms with E-state index in [1.807, 2.05) is 24.3 Å². The summed E-state index contributed by atoms with van der Waals surface area (Å²) in [7, 11) is 0. The first kappa shape index (κ1) is 43.5. The van der Waals surface area contributed by atoms with Crippen molar-refractivity contribution in [1.29, 1.82) is 0 Å². The minimum atomic E-state index is -0.815. The number of esters is 2. The van der Waals surface area contributed by atoms with Crippen LogP contribution in [0.2, 0.25) is 0 Å². The van der Waals surface area contributed by atoms with Gasteiger partial charge in [-0.25, -0.2) is 0 Å². The average Bonchev–Trinajstić information content (AvgIpc) is 3.05. The van der Waals surface area contributed by atoms with Crippen LogP contribution in [0, 0.1) is 0 Å². The quantitative estimate of drug-likeness (QED) is 0.0251. The molecule has 0 heterocycles. The lowest BCUT2D eigenvalue weighted by molar-refractivity contribution is -0.161. The van der Waals surface area contributed by atoms with Crippen molar-refractivity contribution in [2.24, 2.45) is 0 Å². The van der Waals surface area contributed by atoms with Crippen molar-refractivity contribution < 1.29 is 29.0 Å². The van der Waals surface area contributed by atoms with Crippen LogP contribution in [0.5, 0.6) is 0 Å². The number of rotatable bonds is 33. The molecule has 0 bridgehead atoms. The summed E-state index contributed by atoms with van der Waals surface area (Å²) in [5.74, 6) is -0.504. The van der Waals surface area contributed by atoms with Crippen molar-refractivity contribution in [3.8, 4) is 0 Å². The van der Waals surface area contributed by atoms with Gasteiger partial charge in [-0.1, -0.05) is 153 Å². The Morgan fingerprint density at radius 3 is 1.67 bits per heavy atom. The summed E-state index contributed by atoms with van der Waals surface area (Å²) < 4.78 is 10.5. The highest BCUT2D eigenvalue weighted by atomic mass is 16.6. The Hall–Kier alpha value is -2.47. The number of aliphatic hydroxyl groups excluding tert-OH is 1. The second-order valence-corrected chi connectivity index (χ2v) is 12.3. The van der Waals surface area contributed by atoms with Crippen LogP contribution in [0.25, 0.3) is 0 Å². The van der Waals surface area contributed by atoms with E-state index in [1.165, 1.54) is 70.6 Å². The Balaban J connectivity index is 3.73. The number of allylic oxidation sites excluding steroid dienone is 8. The Bertz CT molecular complexity index is 841. The molecule has 1 N–H and O–H groups in total. The molecule has 0 unspecified atom stereocenters. The molecule has 0 aliphatic heterocycles. The molecule has 46 heavy (non-hydrogen) atoms. The van der Waals surface area contributed by atoms with E-state index in [-0.39, 0.29) is 37.4 Å². The van der Waals surface area contributed by atoms with Gasteiger partial charge in [0.15, 0.2) is 11.9 Å². The van der Waals surface area contributed by atoms with Crippen molar-refractivity contribution in [3.05, 3.63) is 48.6 Å². The molecule has 264 valence electrons. The highest BCUT2D eigenvalue weighted by Gasteiger charge is 2.15. The largest absolute Gasteiger partial charge is 0.462 e. The predicted molar refractivity (Wildman–Crippen MR) is 192 cm³/mol. The third-order valence-corrected chi connectivity index (χ3v) is 7.85. The lowest BCUT2D eigenvalue weighted by Gasteiger charge is -2.15. The van der Waals surface area contributed by atoms with Crippen LogP contribution in [0.4, 0.5) is 0 Å². The Kier molecular flexibility index (Phi) is 33.5. The number of carbonyl (C=O) groups excluding carboxylic acids is 3. The molecule has 6 nitrogen and oxygen atoms in total. The number of carbonyl (C=O) groups is 3. The molecule has 0 aliphatic carbocycles. The summed E-state index contributed by atoms with van der Waals surface area (Å²) in [6, 6.07) is 0. The van der Waals surface area contributed by atoms with Gasteiger partial charge in [0.1, 0.15) is 6.61 Å². The normalized spacial score (nSPS) is 12.6. The van der Waals surface area contributed by atoms with Crippen molar-refractivity contribution >= 4 is 17.7 Å². The maximum absolute atomic E-state index is 12.1. The van der Waals surface area contributed by atoms with Gasteiger partial charge >= 0.3 is 11.9 Å². The zero-order chi connectivity index (χ0) is 33.8. The third-order valence-electron chi connectivity index (χ3n) is 7.85. The van der Waals surface area contributed by atoms with E-state index in [1.54, 1.807) is 6.08 Å². The second-order valence-electron chi connectivity index (χ2n) is 12.3. The maximum Gasteiger partial charge on any atom is 0.306 e. The Morgan fingerprint density at radius 1 is 0.565 bits per heavy atom. The number of ether oxygens (including phenoxy) is 2. The first-order chi connectivity index (χ1) is 22.5. The summed E-state index contributed by atoms with van der Waals surface area (Å²) in [5, 5.41) is 9.52. The molecule has 0 aromatic heterocycles. The van der Waals surface area contributed by atoms with Crippen LogP contribution in [-0.4, -0.2) is 42.1 Å². The van der Waals surface area contributed by atoms with E-state index in [0.29, 0.717) is 19.3 Å². The van der Waals surface area contributed by atoms with Gasteiger partial charge in [-0.05, 0) is 44.6 Å². The molecule has 0 fully saturated rings. The first-order valence-electron chi connectivity index (χ1n) is 18.6. The highest BCUT2D eigenvalue weighted by molar-refractivity contribution is 5.89. The minimum absolute atomic E-state index is 0.103. The topological polar surface area (TPSA) is 89.9 Å². The van der Waals surface area contributed by atoms with Gasteiger partial charge in [0.2, 0.25) is 0 Å². The average molecular weight is 645 g/mol. The van der Waals surface area contributed by atoms with E-state index < -0.39 is 6.10 Å². The lowest BCUT2D eigenvalue weighted by Crippen LogP contribution is -2.28. The number of unbranched alkanes of at least 4 members (excludes halogenated alkanes) is 16. The SMILES string of the molecule is CCCCCCCCCCCCCCCCC(=O)OC[C@H](CO)OC(=O)CCC/C=C\C/C=C\C/C=C\C=C\C(=O)CCCCC. The molecule has 6 heteroatoms. The number of hydrogen-bond donors (Lipinski definition) is 1. The molecule has 0 saturated heterocycles. The van der Waals surface area contributed by atoms with Crippen molar-refractivity contribution in [1.82, 2.24) is 0 Å². The van der Waals surface area contributed by atoms with E-state index >= 15 is 0 Å². The number of hydrogen-bond acceptors (Lipinski definition) is 6. The lowest BCUT2D eigenvalue weighted by atomic mass is 10.0. The molecule has 1 atom stereocenters. The summed E-state index contributed by atoms with van der Waals surface area (Å²) in [6.07, 6.45) is 40.1. The molecule has 0 aromatic carbocycles. The van der Waals surface area contributed by atoms with Crippen molar-refractivity contribution in [2.75, 3.05) is 13.2 Å². The third kappa shape index (κ3) is 32.9. The molecule has 0 spiro atoms. The molecule has 0 radical (unpaired) electrons. The van der Waals surface area contributed by atoms with Crippen LogP contribution >= 0.6 is 0 Å². The predicted octanol–water partition coefficient (Wildman–Crippen LogP) is 10.6. The number of aliphatic hydroxyl groups is 1. The van der Waals surface area contributed by atoms with Gasteiger partial charge in [0.05, 0.1) is 6.61 Å². The second kappa shape index (κ2) is 35.4. The molecular weight excluding hydrogens is 576 g/mol. The van der Waals surface area contributed by atoms with E-state index in [9.17, 15) is 19.5 Å². The highest BCUT2D eigenvalue weighted by Crippen LogP contribution is 2.14. The maximum atomic E-state index is 12.1. The van der Waals surface area contributed by atoms with Gasteiger partial charge in [-0.3, -0.25) is 14.4 Å². The van der Waals surface area contributed by atoms with Gasteiger partial charge in [-0.15, -0.1) is 0 Å². The molecule has 0 aliphatic rings. The smallest absolute Gasteiger partial charge is 0.306 e. The fraction of sp³-hybridized carbons (Fsp3) is 0.725. The van der Waals surface area contributed by atoms with Crippen LogP contribution in [0.3, 0.4) is 0 Å². The van der Waals surface area contributed by atoms with Crippen molar-refractivity contribution in [2.45, 2.75) is 174 Å². The molecule has 0 rings (SSSR count).